The lowest BCUT2D eigenvalue weighted by atomic mass is 10.1. The van der Waals surface area contributed by atoms with Crippen LogP contribution in [0.1, 0.15) is 21.6 Å². The van der Waals surface area contributed by atoms with Gasteiger partial charge < -0.3 is 10.1 Å². The van der Waals surface area contributed by atoms with E-state index in [2.05, 4.69) is 10.3 Å². The largest absolute Gasteiger partial charge is 0.496 e. The molecule has 5 heteroatoms. The number of aryl methyl sites for hydroxylation is 2. The summed E-state index contributed by atoms with van der Waals surface area (Å²) in [5, 5.41) is 3.31. The second-order valence-electron chi connectivity index (χ2n) is 4.44. The van der Waals surface area contributed by atoms with Crippen molar-refractivity contribution in [1.29, 1.82) is 0 Å². The van der Waals surface area contributed by atoms with Crippen molar-refractivity contribution in [3.05, 3.63) is 52.3 Å². The number of carbonyl (C=O) groups excluding carboxylic acids is 1. The minimum Gasteiger partial charge on any atom is -0.496 e. The second-order valence-corrected chi connectivity index (χ2v) is 4.88. The van der Waals surface area contributed by atoms with Gasteiger partial charge in [0.15, 0.2) is 0 Å². The Kier molecular flexibility index (Phi) is 4.25. The smallest absolute Gasteiger partial charge is 0.259 e. The van der Waals surface area contributed by atoms with Gasteiger partial charge in [-0.2, -0.15) is 0 Å². The van der Waals surface area contributed by atoms with Gasteiger partial charge in [-0.25, -0.2) is 0 Å². The van der Waals surface area contributed by atoms with Crippen molar-refractivity contribution in [2.24, 2.45) is 0 Å². The molecule has 0 bridgehead atoms. The number of hydrogen-bond acceptors (Lipinski definition) is 3. The van der Waals surface area contributed by atoms with E-state index in [9.17, 15) is 4.79 Å². The Bertz CT molecular complexity index is 656. The molecule has 2 aromatic rings. The highest BCUT2D eigenvalue weighted by Gasteiger charge is 2.16. The lowest BCUT2D eigenvalue weighted by molar-refractivity contribution is 0.102. The third-order valence-electron chi connectivity index (χ3n) is 2.84. The summed E-state index contributed by atoms with van der Waals surface area (Å²) in [5.41, 5.74) is 2.74. The zero-order valence-corrected chi connectivity index (χ0v) is 12.3. The fourth-order valence-electron chi connectivity index (χ4n) is 1.99. The van der Waals surface area contributed by atoms with Crippen LogP contribution in [0.2, 0.25) is 5.02 Å². The summed E-state index contributed by atoms with van der Waals surface area (Å²) in [6.07, 6.45) is 1.64. The van der Waals surface area contributed by atoms with Crippen molar-refractivity contribution < 1.29 is 9.53 Å². The number of pyridine rings is 1. The van der Waals surface area contributed by atoms with Crippen LogP contribution < -0.4 is 10.1 Å². The van der Waals surface area contributed by atoms with Gasteiger partial charge in [-0.15, -0.1) is 0 Å². The number of benzene rings is 1. The van der Waals surface area contributed by atoms with Gasteiger partial charge in [0.25, 0.3) is 5.91 Å². The Labute approximate surface area is 122 Å². The molecule has 0 unspecified atom stereocenters. The molecule has 1 heterocycles. The van der Waals surface area contributed by atoms with Gasteiger partial charge in [-0.05, 0) is 43.7 Å². The summed E-state index contributed by atoms with van der Waals surface area (Å²) < 4.78 is 5.28. The van der Waals surface area contributed by atoms with Gasteiger partial charge in [-0.1, -0.05) is 11.6 Å². The molecule has 0 atom stereocenters. The van der Waals surface area contributed by atoms with Crippen LogP contribution in [0.4, 0.5) is 5.69 Å². The standard InChI is InChI=1S/C15H15ClN2O2/c1-9-6-11(16)8-13(14(9)20-3)15(19)18-12-4-5-17-10(2)7-12/h4-8H,1-3H3,(H,17,18,19). The first-order valence-corrected chi connectivity index (χ1v) is 6.47. The molecule has 1 N–H and O–H groups in total. The molecule has 0 radical (unpaired) electrons. The Hall–Kier alpha value is -2.07. The molecule has 0 aliphatic heterocycles. The maximum absolute atomic E-state index is 12.3. The molecule has 104 valence electrons. The summed E-state index contributed by atoms with van der Waals surface area (Å²) in [6.45, 7) is 3.71. The minimum atomic E-state index is -0.266. The normalized spacial score (nSPS) is 10.2. The van der Waals surface area contributed by atoms with E-state index < -0.39 is 0 Å². The summed E-state index contributed by atoms with van der Waals surface area (Å²) in [5.74, 6) is 0.260. The second kappa shape index (κ2) is 5.92. The minimum absolute atomic E-state index is 0.266. The number of amides is 1. The summed E-state index contributed by atoms with van der Waals surface area (Å²) >= 11 is 6.01. The van der Waals surface area contributed by atoms with Gasteiger partial charge >= 0.3 is 0 Å². The molecule has 1 amide bonds. The SMILES string of the molecule is COc1c(C)cc(Cl)cc1C(=O)Nc1ccnc(C)c1. The van der Waals surface area contributed by atoms with Gasteiger partial charge in [0.05, 0.1) is 12.7 Å². The number of hydrogen-bond donors (Lipinski definition) is 1. The summed E-state index contributed by atoms with van der Waals surface area (Å²) in [6, 6.07) is 6.88. The highest BCUT2D eigenvalue weighted by atomic mass is 35.5. The van der Waals surface area contributed by atoms with Gasteiger partial charge in [0.2, 0.25) is 0 Å². The van der Waals surface area contributed by atoms with Crippen molar-refractivity contribution in [3.8, 4) is 5.75 Å². The monoisotopic (exact) mass is 290 g/mol. The third-order valence-corrected chi connectivity index (χ3v) is 3.06. The molecule has 0 aliphatic rings. The van der Waals surface area contributed by atoms with E-state index in [1.807, 2.05) is 13.8 Å². The predicted octanol–water partition coefficient (Wildman–Crippen LogP) is 3.61. The Balaban J connectivity index is 2.34. The van der Waals surface area contributed by atoms with E-state index in [1.54, 1.807) is 30.5 Å². The van der Waals surface area contributed by atoms with Crippen LogP contribution >= 0.6 is 11.6 Å². The van der Waals surface area contributed by atoms with Crippen LogP contribution in [0.5, 0.6) is 5.75 Å². The molecular formula is C15H15ClN2O2. The van der Waals surface area contributed by atoms with Crippen LogP contribution in [-0.2, 0) is 0 Å². The molecule has 0 saturated carbocycles. The lowest BCUT2D eigenvalue weighted by Gasteiger charge is -2.12. The highest BCUT2D eigenvalue weighted by Crippen LogP contribution is 2.28. The third kappa shape index (κ3) is 3.08. The molecule has 0 fully saturated rings. The molecule has 2 rings (SSSR count). The van der Waals surface area contributed by atoms with E-state index in [0.29, 0.717) is 22.0 Å². The number of rotatable bonds is 3. The van der Waals surface area contributed by atoms with E-state index >= 15 is 0 Å². The average Bonchev–Trinajstić information content (AvgIpc) is 2.37. The Morgan fingerprint density at radius 3 is 2.70 bits per heavy atom. The van der Waals surface area contributed by atoms with Crippen molar-refractivity contribution in [2.75, 3.05) is 12.4 Å². The molecule has 20 heavy (non-hydrogen) atoms. The first kappa shape index (κ1) is 14.3. The molecule has 4 nitrogen and oxygen atoms in total. The van der Waals surface area contributed by atoms with Crippen molar-refractivity contribution in [2.45, 2.75) is 13.8 Å². The van der Waals surface area contributed by atoms with Crippen LogP contribution in [0, 0.1) is 13.8 Å². The van der Waals surface area contributed by atoms with Crippen LogP contribution in [-0.4, -0.2) is 18.0 Å². The van der Waals surface area contributed by atoms with Crippen LogP contribution in [0.25, 0.3) is 0 Å². The molecule has 1 aromatic carbocycles. The maximum atomic E-state index is 12.3. The first-order valence-electron chi connectivity index (χ1n) is 6.09. The highest BCUT2D eigenvalue weighted by molar-refractivity contribution is 6.31. The van der Waals surface area contributed by atoms with Crippen molar-refractivity contribution >= 4 is 23.2 Å². The first-order chi connectivity index (χ1) is 9.51. The molecule has 0 spiro atoms. The topological polar surface area (TPSA) is 51.2 Å². The van der Waals surface area contributed by atoms with Crippen molar-refractivity contribution in [1.82, 2.24) is 4.98 Å². The lowest BCUT2D eigenvalue weighted by Crippen LogP contribution is -2.14. The number of aromatic nitrogens is 1. The number of methoxy groups -OCH3 is 1. The van der Waals surface area contributed by atoms with Crippen molar-refractivity contribution in [3.63, 3.8) is 0 Å². The number of carbonyl (C=O) groups is 1. The fraction of sp³-hybridized carbons (Fsp3) is 0.200. The maximum Gasteiger partial charge on any atom is 0.259 e. The molecule has 0 aliphatic carbocycles. The summed E-state index contributed by atoms with van der Waals surface area (Å²) in [4.78, 5) is 16.4. The molecule has 0 saturated heterocycles. The number of anilines is 1. The van der Waals surface area contributed by atoms with Gasteiger partial charge in [-0.3, -0.25) is 9.78 Å². The van der Waals surface area contributed by atoms with Gasteiger partial charge in [0, 0.05) is 22.6 Å². The quantitative estimate of drug-likeness (QED) is 0.939. The van der Waals surface area contributed by atoms with E-state index in [0.717, 1.165) is 11.3 Å². The average molecular weight is 291 g/mol. The predicted molar refractivity (Wildman–Crippen MR) is 79.7 cm³/mol. The Morgan fingerprint density at radius 2 is 2.05 bits per heavy atom. The zero-order chi connectivity index (χ0) is 14.7. The summed E-state index contributed by atoms with van der Waals surface area (Å²) in [7, 11) is 1.53. The van der Waals surface area contributed by atoms with E-state index in [-0.39, 0.29) is 5.91 Å². The fourth-order valence-corrected chi connectivity index (χ4v) is 2.26. The number of nitrogens with one attached hydrogen (secondary N) is 1. The number of ether oxygens (including phenoxy) is 1. The molecular weight excluding hydrogens is 276 g/mol. The Morgan fingerprint density at radius 1 is 1.30 bits per heavy atom. The number of halogens is 1. The van der Waals surface area contributed by atoms with E-state index in [4.69, 9.17) is 16.3 Å². The van der Waals surface area contributed by atoms with Crippen LogP contribution in [0.15, 0.2) is 30.5 Å². The van der Waals surface area contributed by atoms with Gasteiger partial charge in [0.1, 0.15) is 5.75 Å². The zero-order valence-electron chi connectivity index (χ0n) is 11.5. The van der Waals surface area contributed by atoms with Crippen LogP contribution in [0.3, 0.4) is 0 Å². The van der Waals surface area contributed by atoms with E-state index in [1.165, 1.54) is 7.11 Å². The molecule has 1 aromatic heterocycles. The number of nitrogens with zero attached hydrogens (tertiary/aromatic N) is 1.